The first-order chi connectivity index (χ1) is 9.87. The van der Waals surface area contributed by atoms with Crippen LogP contribution in [0, 0.1) is 0 Å². The van der Waals surface area contributed by atoms with Crippen LogP contribution in [0.25, 0.3) is 0 Å². The zero-order valence-corrected chi connectivity index (χ0v) is 12.6. The highest BCUT2D eigenvalue weighted by Crippen LogP contribution is 2.24. The lowest BCUT2D eigenvalue weighted by molar-refractivity contribution is 0.138. The first-order valence-electron chi connectivity index (χ1n) is 6.98. The van der Waals surface area contributed by atoms with Crippen LogP contribution in [0.15, 0.2) is 36.5 Å². The Balaban J connectivity index is 2.20. The van der Waals surface area contributed by atoms with Crippen molar-refractivity contribution >= 4 is 0 Å². The fourth-order valence-electron chi connectivity index (χ4n) is 2.07. The van der Waals surface area contributed by atoms with Crippen molar-refractivity contribution in [1.29, 1.82) is 0 Å². The zero-order valence-electron chi connectivity index (χ0n) is 12.6. The predicted molar refractivity (Wildman–Crippen MR) is 79.3 cm³/mol. The molecule has 0 spiro atoms. The monoisotopic (exact) mass is 293 g/mol. The van der Waals surface area contributed by atoms with Gasteiger partial charge in [-0.2, -0.15) is 5.10 Å². The smallest absolute Gasteiger partial charge is 0.280 e. The molecule has 21 heavy (non-hydrogen) atoms. The number of rotatable bonds is 5. The lowest BCUT2D eigenvalue weighted by atomic mass is 10.1. The molecule has 0 fully saturated rings. The van der Waals surface area contributed by atoms with Gasteiger partial charge in [-0.3, -0.25) is 4.68 Å². The van der Waals surface area contributed by atoms with E-state index in [1.54, 1.807) is 0 Å². The third kappa shape index (κ3) is 4.36. The normalized spacial score (nSPS) is 12.1. The van der Waals surface area contributed by atoms with Gasteiger partial charge in [-0.15, -0.1) is 0 Å². The van der Waals surface area contributed by atoms with Crippen LogP contribution in [-0.2, 0) is 13.1 Å². The summed E-state index contributed by atoms with van der Waals surface area (Å²) >= 11 is 0. The van der Waals surface area contributed by atoms with Crippen molar-refractivity contribution < 1.29 is 8.78 Å². The maximum absolute atomic E-state index is 13.4. The lowest BCUT2D eigenvalue weighted by Crippen LogP contribution is -2.35. The molecule has 1 aromatic heterocycles. The molecule has 2 aromatic rings. The molecule has 1 N–H and O–H groups in total. The van der Waals surface area contributed by atoms with E-state index in [0.717, 1.165) is 5.56 Å². The van der Waals surface area contributed by atoms with Crippen molar-refractivity contribution in [3.63, 3.8) is 0 Å². The van der Waals surface area contributed by atoms with Crippen LogP contribution < -0.4 is 5.32 Å². The largest absolute Gasteiger partial charge is 0.308 e. The fraction of sp³-hybridized carbons (Fsp3) is 0.438. The molecule has 0 aliphatic carbocycles. The van der Waals surface area contributed by atoms with Gasteiger partial charge in [0, 0.05) is 17.6 Å². The second-order valence-corrected chi connectivity index (χ2v) is 6.10. The molecule has 0 radical (unpaired) electrons. The van der Waals surface area contributed by atoms with Crippen molar-refractivity contribution in [2.24, 2.45) is 0 Å². The van der Waals surface area contributed by atoms with Crippen LogP contribution in [0.3, 0.4) is 0 Å². The Kier molecular flexibility index (Phi) is 4.73. The molecule has 5 heteroatoms. The Morgan fingerprint density at radius 2 is 1.86 bits per heavy atom. The molecule has 0 saturated carbocycles. The number of benzene rings is 1. The van der Waals surface area contributed by atoms with E-state index >= 15 is 0 Å². The van der Waals surface area contributed by atoms with Gasteiger partial charge in [0.1, 0.15) is 5.69 Å². The van der Waals surface area contributed by atoms with E-state index in [-0.39, 0.29) is 11.2 Å². The van der Waals surface area contributed by atoms with E-state index in [0.29, 0.717) is 18.7 Å². The van der Waals surface area contributed by atoms with E-state index < -0.39 is 6.43 Å². The summed E-state index contributed by atoms with van der Waals surface area (Å²) in [6.07, 6.45) is -1.00. The quantitative estimate of drug-likeness (QED) is 0.909. The van der Waals surface area contributed by atoms with Crippen molar-refractivity contribution in [2.45, 2.75) is 45.8 Å². The standard InChI is InChI=1S/C16H21F2N3/c1-16(2,3)19-9-13-10-20-21(14(13)15(17)18)11-12-7-5-4-6-8-12/h4-8,10,15,19H,9,11H2,1-3H3. The van der Waals surface area contributed by atoms with Crippen molar-refractivity contribution in [2.75, 3.05) is 0 Å². The summed E-state index contributed by atoms with van der Waals surface area (Å²) in [7, 11) is 0. The summed E-state index contributed by atoms with van der Waals surface area (Å²) in [6.45, 7) is 6.75. The summed E-state index contributed by atoms with van der Waals surface area (Å²) in [5.41, 5.74) is 1.38. The number of halogens is 2. The summed E-state index contributed by atoms with van der Waals surface area (Å²) in [4.78, 5) is 0. The van der Waals surface area contributed by atoms with Crippen molar-refractivity contribution in [1.82, 2.24) is 15.1 Å². The molecule has 3 nitrogen and oxygen atoms in total. The predicted octanol–water partition coefficient (Wildman–Crippen LogP) is 3.76. The highest BCUT2D eigenvalue weighted by atomic mass is 19.3. The molecule has 0 amide bonds. The number of hydrogen-bond donors (Lipinski definition) is 1. The van der Waals surface area contributed by atoms with Gasteiger partial charge in [-0.05, 0) is 26.3 Å². The van der Waals surface area contributed by atoms with Crippen LogP contribution >= 0.6 is 0 Å². The number of nitrogens with zero attached hydrogens (tertiary/aromatic N) is 2. The Hall–Kier alpha value is -1.75. The van der Waals surface area contributed by atoms with Crippen LogP contribution in [0.4, 0.5) is 8.78 Å². The van der Waals surface area contributed by atoms with Gasteiger partial charge in [0.05, 0.1) is 12.7 Å². The van der Waals surface area contributed by atoms with Gasteiger partial charge in [0.25, 0.3) is 6.43 Å². The Morgan fingerprint density at radius 1 is 1.19 bits per heavy atom. The minimum atomic E-state index is -2.53. The average molecular weight is 293 g/mol. The van der Waals surface area contributed by atoms with E-state index in [4.69, 9.17) is 0 Å². The van der Waals surface area contributed by atoms with Crippen LogP contribution in [0.1, 0.15) is 44.0 Å². The summed E-state index contributed by atoms with van der Waals surface area (Å²) in [5.74, 6) is 0. The molecule has 0 aliphatic heterocycles. The molecule has 0 aliphatic rings. The van der Waals surface area contributed by atoms with Crippen LogP contribution in [-0.4, -0.2) is 15.3 Å². The van der Waals surface area contributed by atoms with E-state index in [2.05, 4.69) is 10.4 Å². The molecular weight excluding hydrogens is 272 g/mol. The summed E-state index contributed by atoms with van der Waals surface area (Å²) in [5, 5.41) is 7.35. The SMILES string of the molecule is CC(C)(C)NCc1cnn(Cc2ccccc2)c1C(F)F. The van der Waals surface area contributed by atoms with Gasteiger partial charge in [0.15, 0.2) is 0 Å². The van der Waals surface area contributed by atoms with Crippen LogP contribution in [0.2, 0.25) is 0 Å². The third-order valence-electron chi connectivity index (χ3n) is 3.15. The zero-order chi connectivity index (χ0) is 15.5. The maximum atomic E-state index is 13.4. The minimum Gasteiger partial charge on any atom is -0.308 e. The molecule has 0 saturated heterocycles. The van der Waals surface area contributed by atoms with Gasteiger partial charge in [0.2, 0.25) is 0 Å². The second-order valence-electron chi connectivity index (χ2n) is 6.10. The Morgan fingerprint density at radius 3 is 2.43 bits per heavy atom. The van der Waals surface area contributed by atoms with Gasteiger partial charge < -0.3 is 5.32 Å². The van der Waals surface area contributed by atoms with Gasteiger partial charge >= 0.3 is 0 Å². The minimum absolute atomic E-state index is 0.00407. The molecule has 0 unspecified atom stereocenters. The van der Waals surface area contributed by atoms with E-state index in [9.17, 15) is 8.78 Å². The second kappa shape index (κ2) is 6.35. The fourth-order valence-corrected chi connectivity index (χ4v) is 2.07. The third-order valence-corrected chi connectivity index (χ3v) is 3.15. The molecule has 0 bridgehead atoms. The molecule has 114 valence electrons. The highest BCUT2D eigenvalue weighted by Gasteiger charge is 2.21. The number of aromatic nitrogens is 2. The molecule has 2 rings (SSSR count). The van der Waals surface area contributed by atoms with Gasteiger partial charge in [-0.1, -0.05) is 30.3 Å². The van der Waals surface area contributed by atoms with E-state index in [1.807, 2.05) is 51.1 Å². The maximum Gasteiger partial charge on any atom is 0.280 e. The van der Waals surface area contributed by atoms with Crippen LogP contribution in [0.5, 0.6) is 0 Å². The first-order valence-corrected chi connectivity index (χ1v) is 6.98. The number of nitrogens with one attached hydrogen (secondary N) is 1. The summed E-state index contributed by atoms with van der Waals surface area (Å²) < 4.78 is 28.1. The Bertz CT molecular complexity index is 571. The Labute approximate surface area is 124 Å². The lowest BCUT2D eigenvalue weighted by Gasteiger charge is -2.20. The highest BCUT2D eigenvalue weighted by molar-refractivity contribution is 5.22. The average Bonchev–Trinajstić information content (AvgIpc) is 2.80. The van der Waals surface area contributed by atoms with Crippen molar-refractivity contribution in [3.8, 4) is 0 Å². The molecular formula is C16H21F2N3. The number of alkyl halides is 2. The molecule has 1 heterocycles. The topological polar surface area (TPSA) is 29.9 Å². The molecule has 0 atom stereocenters. The number of hydrogen-bond acceptors (Lipinski definition) is 2. The van der Waals surface area contributed by atoms with Gasteiger partial charge in [-0.25, -0.2) is 8.78 Å². The van der Waals surface area contributed by atoms with E-state index in [1.165, 1.54) is 10.9 Å². The van der Waals surface area contributed by atoms with Crippen molar-refractivity contribution in [3.05, 3.63) is 53.3 Å². The molecule has 1 aromatic carbocycles. The summed E-state index contributed by atoms with van der Waals surface area (Å²) in [6, 6.07) is 9.50. The first kappa shape index (κ1) is 15.6.